The number of carbonyl (C=O) groups excluding carboxylic acids is 3. The van der Waals surface area contributed by atoms with Gasteiger partial charge in [-0.3, -0.25) is 4.79 Å². The summed E-state index contributed by atoms with van der Waals surface area (Å²) in [5.41, 5.74) is 4.81. The maximum absolute atomic E-state index is 13.0. The van der Waals surface area contributed by atoms with Gasteiger partial charge < -0.3 is 14.2 Å². The minimum Gasteiger partial charge on any atom is -0.488 e. The highest BCUT2D eigenvalue weighted by atomic mass is 16.5. The molecule has 1 N–H and O–H groups in total. The average molecular weight is 571 g/mol. The molecule has 0 saturated carbocycles. The maximum Gasteiger partial charge on any atom is 0.343 e. The third-order valence-electron chi connectivity index (χ3n) is 6.16. The van der Waals surface area contributed by atoms with Crippen LogP contribution in [-0.2, 0) is 6.61 Å². The van der Waals surface area contributed by atoms with E-state index in [-0.39, 0.29) is 11.5 Å². The SMILES string of the molecule is O=C(Oc1ccc(/C=N\NC(=O)c2ccccc2OCc2ccccc2)c(OC(=O)c2ccccc2)c1)c1ccccc1. The molecule has 0 aliphatic rings. The predicted molar refractivity (Wildman–Crippen MR) is 162 cm³/mol. The number of amides is 1. The highest BCUT2D eigenvalue weighted by Crippen LogP contribution is 2.26. The van der Waals surface area contributed by atoms with Gasteiger partial charge in [0.2, 0.25) is 0 Å². The van der Waals surface area contributed by atoms with Gasteiger partial charge in [-0.05, 0) is 54.1 Å². The molecule has 0 heterocycles. The Kier molecular flexibility index (Phi) is 9.31. The fraction of sp³-hybridized carbons (Fsp3) is 0.0286. The third kappa shape index (κ3) is 7.80. The van der Waals surface area contributed by atoms with E-state index in [1.807, 2.05) is 30.3 Å². The van der Waals surface area contributed by atoms with E-state index in [9.17, 15) is 14.4 Å². The van der Waals surface area contributed by atoms with Gasteiger partial charge in [0.25, 0.3) is 5.91 Å². The van der Waals surface area contributed by atoms with E-state index in [4.69, 9.17) is 14.2 Å². The molecule has 0 bridgehead atoms. The van der Waals surface area contributed by atoms with Crippen molar-refractivity contribution < 1.29 is 28.6 Å². The lowest BCUT2D eigenvalue weighted by Gasteiger charge is -2.11. The van der Waals surface area contributed by atoms with Crippen LogP contribution in [-0.4, -0.2) is 24.1 Å². The number of benzene rings is 5. The Morgan fingerprint density at radius 2 is 1.21 bits per heavy atom. The number of carbonyl (C=O) groups is 3. The second-order valence-corrected chi connectivity index (χ2v) is 9.18. The van der Waals surface area contributed by atoms with Gasteiger partial charge in [-0.15, -0.1) is 0 Å². The highest BCUT2D eigenvalue weighted by Gasteiger charge is 2.16. The minimum atomic E-state index is -0.615. The van der Waals surface area contributed by atoms with Crippen LogP contribution < -0.4 is 19.6 Å². The normalized spacial score (nSPS) is 10.6. The summed E-state index contributed by atoms with van der Waals surface area (Å²) in [5, 5.41) is 4.08. The van der Waals surface area contributed by atoms with Crippen LogP contribution in [0.4, 0.5) is 0 Å². The van der Waals surface area contributed by atoms with Crippen LogP contribution in [0.15, 0.2) is 139 Å². The lowest BCUT2D eigenvalue weighted by atomic mass is 10.2. The van der Waals surface area contributed by atoms with E-state index in [0.29, 0.717) is 34.6 Å². The van der Waals surface area contributed by atoms with E-state index in [1.54, 1.807) is 91.0 Å². The zero-order valence-electron chi connectivity index (χ0n) is 22.9. The Hall–Kier alpha value is -6.02. The molecule has 212 valence electrons. The van der Waals surface area contributed by atoms with Gasteiger partial charge in [0.15, 0.2) is 0 Å². The lowest BCUT2D eigenvalue weighted by molar-refractivity contribution is 0.0731. The summed E-state index contributed by atoms with van der Waals surface area (Å²) in [5.74, 6) is -1.03. The molecule has 5 aromatic rings. The number of rotatable bonds is 10. The van der Waals surface area contributed by atoms with Crippen molar-refractivity contribution in [3.63, 3.8) is 0 Å². The summed E-state index contributed by atoms with van der Waals surface area (Å²) < 4.78 is 17.0. The van der Waals surface area contributed by atoms with Crippen LogP contribution in [0.2, 0.25) is 0 Å². The number of hydrazone groups is 1. The van der Waals surface area contributed by atoms with Crippen molar-refractivity contribution in [2.45, 2.75) is 6.61 Å². The standard InChI is InChI=1S/C35H26N2O6/c38-33(30-18-10-11-19-31(30)41-24-25-12-4-1-5-13-25)37-36-23-28-20-21-29(42-34(39)26-14-6-2-7-15-26)22-32(28)43-35(40)27-16-8-3-9-17-27/h1-23H,24H2,(H,37,38)/b36-23-. The fourth-order valence-corrected chi connectivity index (χ4v) is 3.98. The van der Waals surface area contributed by atoms with Gasteiger partial charge in [-0.1, -0.05) is 78.9 Å². The van der Waals surface area contributed by atoms with Gasteiger partial charge in [0.05, 0.1) is 22.9 Å². The molecule has 0 saturated heterocycles. The van der Waals surface area contributed by atoms with Crippen LogP contribution in [0.3, 0.4) is 0 Å². The first-order chi connectivity index (χ1) is 21.1. The lowest BCUT2D eigenvalue weighted by Crippen LogP contribution is -2.19. The molecule has 0 spiro atoms. The summed E-state index contributed by atoms with van der Waals surface area (Å²) in [4.78, 5) is 38.4. The quantitative estimate of drug-likeness (QED) is 0.0894. The van der Waals surface area contributed by atoms with Gasteiger partial charge >= 0.3 is 11.9 Å². The number of nitrogens with zero attached hydrogens (tertiary/aromatic N) is 1. The van der Waals surface area contributed by atoms with Crippen LogP contribution in [0, 0.1) is 0 Å². The van der Waals surface area contributed by atoms with Crippen molar-refractivity contribution in [2.24, 2.45) is 5.10 Å². The molecule has 0 aliphatic carbocycles. The van der Waals surface area contributed by atoms with Gasteiger partial charge in [-0.25, -0.2) is 15.0 Å². The Morgan fingerprint density at radius 3 is 1.88 bits per heavy atom. The molecule has 8 nitrogen and oxygen atoms in total. The molecule has 0 fully saturated rings. The number of ether oxygens (including phenoxy) is 3. The fourth-order valence-electron chi connectivity index (χ4n) is 3.98. The first-order valence-electron chi connectivity index (χ1n) is 13.3. The largest absolute Gasteiger partial charge is 0.488 e. The summed E-state index contributed by atoms with van der Waals surface area (Å²) >= 11 is 0. The number of hydrogen-bond donors (Lipinski definition) is 1. The molecule has 43 heavy (non-hydrogen) atoms. The first-order valence-corrected chi connectivity index (χ1v) is 13.3. The van der Waals surface area contributed by atoms with E-state index >= 15 is 0 Å². The zero-order valence-corrected chi connectivity index (χ0v) is 22.9. The molecule has 5 aromatic carbocycles. The summed E-state index contributed by atoms with van der Waals surface area (Å²) in [6.45, 7) is 0.297. The van der Waals surface area contributed by atoms with Crippen LogP contribution in [0.25, 0.3) is 0 Å². The zero-order chi connectivity index (χ0) is 29.9. The number of para-hydroxylation sites is 1. The van der Waals surface area contributed by atoms with E-state index in [2.05, 4.69) is 10.5 Å². The maximum atomic E-state index is 13.0. The van der Waals surface area contributed by atoms with E-state index < -0.39 is 17.8 Å². The summed E-state index contributed by atoms with van der Waals surface area (Å²) in [6, 6.07) is 37.9. The second kappa shape index (κ2) is 14.0. The number of hydrogen-bond acceptors (Lipinski definition) is 7. The van der Waals surface area contributed by atoms with Crippen LogP contribution in [0.5, 0.6) is 17.2 Å². The van der Waals surface area contributed by atoms with Gasteiger partial charge in [-0.2, -0.15) is 5.10 Å². The molecule has 5 rings (SSSR count). The predicted octanol–water partition coefficient (Wildman–Crippen LogP) is 6.47. The molecule has 0 atom stereocenters. The Morgan fingerprint density at radius 1 is 0.628 bits per heavy atom. The van der Waals surface area contributed by atoms with Crippen molar-refractivity contribution in [1.82, 2.24) is 5.43 Å². The monoisotopic (exact) mass is 570 g/mol. The average Bonchev–Trinajstić information content (AvgIpc) is 3.06. The molecule has 0 aromatic heterocycles. The minimum absolute atomic E-state index is 0.0804. The van der Waals surface area contributed by atoms with Crippen molar-refractivity contribution in [3.05, 3.63) is 161 Å². The number of nitrogens with one attached hydrogen (secondary N) is 1. The van der Waals surface area contributed by atoms with E-state index in [0.717, 1.165) is 5.56 Å². The first kappa shape index (κ1) is 28.5. The van der Waals surface area contributed by atoms with Crippen molar-refractivity contribution in [1.29, 1.82) is 0 Å². The Balaban J connectivity index is 1.32. The molecule has 0 radical (unpaired) electrons. The van der Waals surface area contributed by atoms with Crippen LogP contribution in [0.1, 0.15) is 42.2 Å². The van der Waals surface area contributed by atoms with Gasteiger partial charge in [0, 0.05) is 11.6 Å². The van der Waals surface area contributed by atoms with E-state index in [1.165, 1.54) is 18.3 Å². The third-order valence-corrected chi connectivity index (χ3v) is 6.16. The van der Waals surface area contributed by atoms with Crippen molar-refractivity contribution in [3.8, 4) is 17.2 Å². The molecular weight excluding hydrogens is 544 g/mol. The Bertz CT molecular complexity index is 1740. The molecule has 8 heteroatoms. The smallest absolute Gasteiger partial charge is 0.343 e. The topological polar surface area (TPSA) is 103 Å². The summed E-state index contributed by atoms with van der Waals surface area (Å²) in [6.07, 6.45) is 1.34. The summed E-state index contributed by atoms with van der Waals surface area (Å²) in [7, 11) is 0. The molecule has 1 amide bonds. The number of esters is 2. The molecular formula is C35H26N2O6. The molecule has 0 unspecified atom stereocenters. The highest BCUT2D eigenvalue weighted by molar-refractivity contribution is 5.98. The van der Waals surface area contributed by atoms with Gasteiger partial charge in [0.1, 0.15) is 23.9 Å². The van der Waals surface area contributed by atoms with Crippen molar-refractivity contribution in [2.75, 3.05) is 0 Å². The van der Waals surface area contributed by atoms with Crippen molar-refractivity contribution >= 4 is 24.1 Å². The van der Waals surface area contributed by atoms with Crippen LogP contribution >= 0.6 is 0 Å². The second-order valence-electron chi connectivity index (χ2n) is 9.18. The molecule has 0 aliphatic heterocycles. The Labute approximate surface area is 248 Å².